The van der Waals surface area contributed by atoms with Crippen molar-refractivity contribution in [3.05, 3.63) is 58.4 Å². The van der Waals surface area contributed by atoms with Gasteiger partial charge in [0.2, 0.25) is 0 Å². The highest BCUT2D eigenvalue weighted by Gasteiger charge is 2.39. The zero-order valence-corrected chi connectivity index (χ0v) is 14.2. The molecular weight excluding hydrogens is 312 g/mol. The minimum atomic E-state index is 0.0875. The fraction of sp³-hybridized carbons (Fsp3) is 0.400. The van der Waals surface area contributed by atoms with Crippen LogP contribution in [0.15, 0.2) is 30.3 Å². The highest BCUT2D eigenvalue weighted by atomic mass is 16.2. The molecule has 5 rings (SSSR count). The van der Waals surface area contributed by atoms with Gasteiger partial charge in [-0.2, -0.15) is 5.10 Å². The Balaban J connectivity index is 1.35. The van der Waals surface area contributed by atoms with Gasteiger partial charge in [0.15, 0.2) is 5.69 Å². The molecule has 0 unspecified atom stereocenters. The SMILES string of the molecule is O=C(c1n[nH]c2c1CCNC2)N1CCC2(C=Cc3ccccc32)CC1. The van der Waals surface area contributed by atoms with Gasteiger partial charge in [0, 0.05) is 30.6 Å². The van der Waals surface area contributed by atoms with Gasteiger partial charge in [-0.1, -0.05) is 36.4 Å². The number of carbonyl (C=O) groups is 1. The van der Waals surface area contributed by atoms with Crippen molar-refractivity contribution in [2.45, 2.75) is 31.2 Å². The van der Waals surface area contributed by atoms with Crippen molar-refractivity contribution in [1.82, 2.24) is 20.4 Å². The highest BCUT2D eigenvalue weighted by Crippen LogP contribution is 2.43. The Hall–Kier alpha value is -2.40. The number of piperidine rings is 1. The molecule has 0 radical (unpaired) electrons. The quantitative estimate of drug-likeness (QED) is 0.841. The van der Waals surface area contributed by atoms with E-state index in [0.29, 0.717) is 5.69 Å². The van der Waals surface area contributed by atoms with Crippen LogP contribution in [-0.4, -0.2) is 40.6 Å². The van der Waals surface area contributed by atoms with Crippen LogP contribution in [-0.2, 0) is 18.4 Å². The number of benzene rings is 1. The van der Waals surface area contributed by atoms with E-state index >= 15 is 0 Å². The second-order valence-corrected chi connectivity index (χ2v) is 7.33. The van der Waals surface area contributed by atoms with Crippen molar-refractivity contribution >= 4 is 12.0 Å². The summed E-state index contributed by atoms with van der Waals surface area (Å²) in [4.78, 5) is 15.0. The zero-order chi connectivity index (χ0) is 16.9. The number of H-pyrrole nitrogens is 1. The van der Waals surface area contributed by atoms with Gasteiger partial charge in [0.25, 0.3) is 5.91 Å². The first kappa shape index (κ1) is 14.9. The number of aromatic nitrogens is 2. The van der Waals surface area contributed by atoms with Gasteiger partial charge >= 0.3 is 0 Å². The summed E-state index contributed by atoms with van der Waals surface area (Å²) >= 11 is 0. The standard InChI is InChI=1S/C20H22N4O/c25-19(18-15-6-10-21-13-17(15)22-23-18)24-11-8-20(9-12-24)7-5-14-3-1-2-4-16(14)20/h1-5,7,21H,6,8-13H2,(H,22,23). The molecule has 3 heterocycles. The Bertz CT molecular complexity index is 858. The number of nitrogens with one attached hydrogen (secondary N) is 2. The maximum Gasteiger partial charge on any atom is 0.274 e. The minimum Gasteiger partial charge on any atom is -0.337 e. The van der Waals surface area contributed by atoms with Gasteiger partial charge in [-0.05, 0) is 36.9 Å². The van der Waals surface area contributed by atoms with Crippen molar-refractivity contribution in [3.63, 3.8) is 0 Å². The number of nitrogens with zero attached hydrogens (tertiary/aromatic N) is 2. The zero-order valence-electron chi connectivity index (χ0n) is 14.2. The Morgan fingerprint density at radius 2 is 2.04 bits per heavy atom. The molecule has 2 aromatic rings. The Kier molecular flexibility index (Phi) is 3.31. The van der Waals surface area contributed by atoms with Crippen LogP contribution in [0.25, 0.3) is 6.08 Å². The van der Waals surface area contributed by atoms with Crippen LogP contribution in [0.4, 0.5) is 0 Å². The van der Waals surface area contributed by atoms with Crippen molar-refractivity contribution in [1.29, 1.82) is 0 Å². The van der Waals surface area contributed by atoms with Gasteiger partial charge in [-0.15, -0.1) is 0 Å². The first-order valence-electron chi connectivity index (χ1n) is 9.12. The molecule has 0 atom stereocenters. The molecule has 1 saturated heterocycles. The van der Waals surface area contributed by atoms with E-state index in [0.717, 1.165) is 56.7 Å². The maximum absolute atomic E-state index is 13.0. The largest absolute Gasteiger partial charge is 0.337 e. The van der Waals surface area contributed by atoms with E-state index in [-0.39, 0.29) is 11.3 Å². The Morgan fingerprint density at radius 3 is 2.92 bits per heavy atom. The molecule has 1 amide bonds. The van der Waals surface area contributed by atoms with Crippen LogP contribution in [0.3, 0.4) is 0 Å². The summed E-state index contributed by atoms with van der Waals surface area (Å²) in [7, 11) is 0. The molecule has 5 nitrogen and oxygen atoms in total. The van der Waals surface area contributed by atoms with Gasteiger partial charge in [0.1, 0.15) is 0 Å². The summed E-state index contributed by atoms with van der Waals surface area (Å²) < 4.78 is 0. The fourth-order valence-corrected chi connectivity index (χ4v) is 4.55. The smallest absolute Gasteiger partial charge is 0.274 e. The molecule has 2 aliphatic heterocycles. The number of likely N-dealkylation sites (tertiary alicyclic amines) is 1. The van der Waals surface area contributed by atoms with E-state index in [1.807, 2.05) is 4.90 Å². The predicted octanol–water partition coefficient (Wildman–Crippen LogP) is 2.26. The minimum absolute atomic E-state index is 0.0875. The third kappa shape index (κ3) is 2.26. The summed E-state index contributed by atoms with van der Waals surface area (Å²) in [5.41, 5.74) is 5.67. The predicted molar refractivity (Wildman–Crippen MR) is 96.3 cm³/mol. The maximum atomic E-state index is 13.0. The van der Waals surface area contributed by atoms with E-state index < -0.39 is 0 Å². The lowest BCUT2D eigenvalue weighted by molar-refractivity contribution is 0.0683. The van der Waals surface area contributed by atoms with Crippen LogP contribution < -0.4 is 5.32 Å². The number of hydrogen-bond acceptors (Lipinski definition) is 3. The molecule has 128 valence electrons. The molecule has 2 N–H and O–H groups in total. The summed E-state index contributed by atoms with van der Waals surface area (Å²) in [5.74, 6) is 0.0875. The molecule has 1 spiro atoms. The summed E-state index contributed by atoms with van der Waals surface area (Å²) in [6, 6.07) is 8.64. The molecular formula is C20H22N4O. The normalized spacial score (nSPS) is 20.6. The number of amides is 1. The summed E-state index contributed by atoms with van der Waals surface area (Å²) in [6.07, 6.45) is 7.44. The number of aromatic amines is 1. The monoisotopic (exact) mass is 334 g/mol. The lowest BCUT2D eigenvalue weighted by atomic mass is 9.74. The lowest BCUT2D eigenvalue weighted by Gasteiger charge is -2.39. The molecule has 0 saturated carbocycles. The second-order valence-electron chi connectivity index (χ2n) is 7.33. The number of allylic oxidation sites excluding steroid dienone is 1. The highest BCUT2D eigenvalue weighted by molar-refractivity contribution is 5.94. The number of rotatable bonds is 1. The third-order valence-electron chi connectivity index (χ3n) is 6.03. The van der Waals surface area contributed by atoms with E-state index in [1.165, 1.54) is 11.1 Å². The van der Waals surface area contributed by atoms with Crippen molar-refractivity contribution < 1.29 is 4.79 Å². The van der Waals surface area contributed by atoms with Gasteiger partial charge in [-0.3, -0.25) is 9.89 Å². The van der Waals surface area contributed by atoms with Crippen LogP contribution in [0.5, 0.6) is 0 Å². The van der Waals surface area contributed by atoms with Crippen molar-refractivity contribution in [3.8, 4) is 0 Å². The molecule has 0 bridgehead atoms. The molecule has 1 aromatic carbocycles. The van der Waals surface area contributed by atoms with E-state index in [2.05, 4.69) is 51.9 Å². The van der Waals surface area contributed by atoms with Gasteiger partial charge < -0.3 is 10.2 Å². The Labute approximate surface area is 147 Å². The molecule has 5 heteroatoms. The first-order chi connectivity index (χ1) is 12.3. The van der Waals surface area contributed by atoms with Crippen LogP contribution >= 0.6 is 0 Å². The van der Waals surface area contributed by atoms with Crippen molar-refractivity contribution in [2.24, 2.45) is 0 Å². The first-order valence-corrected chi connectivity index (χ1v) is 9.12. The number of hydrogen-bond donors (Lipinski definition) is 2. The average molecular weight is 334 g/mol. The molecule has 1 aromatic heterocycles. The summed E-state index contributed by atoms with van der Waals surface area (Å²) in [5, 5.41) is 10.7. The molecule has 1 aliphatic carbocycles. The van der Waals surface area contributed by atoms with Gasteiger partial charge in [0.05, 0.1) is 5.69 Å². The van der Waals surface area contributed by atoms with E-state index in [9.17, 15) is 4.79 Å². The topological polar surface area (TPSA) is 61.0 Å². The van der Waals surface area contributed by atoms with Crippen LogP contribution in [0, 0.1) is 0 Å². The van der Waals surface area contributed by atoms with E-state index in [1.54, 1.807) is 0 Å². The van der Waals surface area contributed by atoms with E-state index in [4.69, 9.17) is 0 Å². The average Bonchev–Trinajstić information content (AvgIpc) is 3.25. The fourth-order valence-electron chi connectivity index (χ4n) is 4.55. The van der Waals surface area contributed by atoms with Crippen LogP contribution in [0.2, 0.25) is 0 Å². The lowest BCUT2D eigenvalue weighted by Crippen LogP contribution is -2.44. The third-order valence-corrected chi connectivity index (χ3v) is 6.03. The molecule has 3 aliphatic rings. The second kappa shape index (κ2) is 5.56. The van der Waals surface area contributed by atoms with Crippen LogP contribution in [0.1, 0.15) is 45.7 Å². The number of fused-ring (bicyclic) bond motifs is 3. The molecule has 25 heavy (non-hydrogen) atoms. The molecule has 1 fully saturated rings. The summed E-state index contributed by atoms with van der Waals surface area (Å²) in [6.45, 7) is 3.27. The number of carbonyl (C=O) groups excluding carboxylic acids is 1. The van der Waals surface area contributed by atoms with Gasteiger partial charge in [-0.25, -0.2) is 0 Å². The van der Waals surface area contributed by atoms with Crippen molar-refractivity contribution in [2.75, 3.05) is 19.6 Å². The Morgan fingerprint density at radius 1 is 1.20 bits per heavy atom.